The number of hydrogen-bond donors (Lipinski definition) is 2. The number of halogens is 1. The molecule has 1 aromatic carbocycles. The van der Waals surface area contributed by atoms with E-state index in [9.17, 15) is 4.39 Å². The minimum atomic E-state index is -0.239. The van der Waals surface area contributed by atoms with Crippen LogP contribution in [0.25, 0.3) is 0 Å². The first-order valence-corrected chi connectivity index (χ1v) is 4.08. The SMILES string of the molecule is OC/C=C/CNc1ccc(F)cc1. The monoisotopic (exact) mass is 181 g/mol. The lowest BCUT2D eigenvalue weighted by Crippen LogP contribution is -1.97. The van der Waals surface area contributed by atoms with E-state index in [0.29, 0.717) is 6.54 Å². The maximum Gasteiger partial charge on any atom is 0.123 e. The van der Waals surface area contributed by atoms with Crippen molar-refractivity contribution in [2.75, 3.05) is 18.5 Å². The first kappa shape index (κ1) is 9.74. The zero-order valence-electron chi connectivity index (χ0n) is 7.20. The van der Waals surface area contributed by atoms with Crippen LogP contribution in [0.15, 0.2) is 36.4 Å². The van der Waals surface area contributed by atoms with Gasteiger partial charge in [-0.05, 0) is 24.3 Å². The summed E-state index contributed by atoms with van der Waals surface area (Å²) in [7, 11) is 0. The smallest absolute Gasteiger partial charge is 0.123 e. The van der Waals surface area contributed by atoms with Gasteiger partial charge in [-0.2, -0.15) is 0 Å². The van der Waals surface area contributed by atoms with E-state index in [4.69, 9.17) is 5.11 Å². The van der Waals surface area contributed by atoms with Crippen LogP contribution in [-0.2, 0) is 0 Å². The summed E-state index contributed by atoms with van der Waals surface area (Å²) in [6.45, 7) is 0.678. The molecule has 70 valence electrons. The summed E-state index contributed by atoms with van der Waals surface area (Å²) in [6, 6.07) is 6.14. The summed E-state index contributed by atoms with van der Waals surface area (Å²) in [5.41, 5.74) is 0.865. The highest BCUT2D eigenvalue weighted by atomic mass is 19.1. The molecule has 3 heteroatoms. The quantitative estimate of drug-likeness (QED) is 0.694. The van der Waals surface area contributed by atoms with Gasteiger partial charge in [-0.15, -0.1) is 0 Å². The predicted molar refractivity (Wildman–Crippen MR) is 51.1 cm³/mol. The van der Waals surface area contributed by atoms with Crippen LogP contribution in [0.4, 0.5) is 10.1 Å². The molecule has 0 spiro atoms. The molecular weight excluding hydrogens is 169 g/mol. The molecule has 0 aromatic heterocycles. The minimum absolute atomic E-state index is 0.0467. The van der Waals surface area contributed by atoms with Crippen molar-refractivity contribution >= 4 is 5.69 Å². The van der Waals surface area contributed by atoms with Crippen LogP contribution in [0.3, 0.4) is 0 Å². The lowest BCUT2D eigenvalue weighted by Gasteiger charge is -2.01. The van der Waals surface area contributed by atoms with Crippen molar-refractivity contribution in [2.45, 2.75) is 0 Å². The van der Waals surface area contributed by atoms with Gasteiger partial charge < -0.3 is 10.4 Å². The molecule has 1 rings (SSSR count). The fourth-order valence-corrected chi connectivity index (χ4v) is 0.902. The van der Waals surface area contributed by atoms with E-state index in [1.807, 2.05) is 6.08 Å². The number of aliphatic hydroxyl groups is 1. The third-order valence-corrected chi connectivity index (χ3v) is 1.54. The van der Waals surface area contributed by atoms with Crippen molar-refractivity contribution in [1.82, 2.24) is 0 Å². The summed E-state index contributed by atoms with van der Waals surface area (Å²) in [6.07, 6.45) is 3.46. The van der Waals surface area contributed by atoms with Crippen molar-refractivity contribution in [1.29, 1.82) is 0 Å². The summed E-state index contributed by atoms with van der Waals surface area (Å²) in [5, 5.41) is 11.5. The second kappa shape index (κ2) is 5.32. The Kier molecular flexibility index (Phi) is 3.99. The molecule has 2 nitrogen and oxygen atoms in total. The van der Waals surface area contributed by atoms with E-state index in [2.05, 4.69) is 5.32 Å². The lowest BCUT2D eigenvalue weighted by atomic mass is 10.3. The van der Waals surface area contributed by atoms with Gasteiger partial charge in [-0.25, -0.2) is 4.39 Å². The van der Waals surface area contributed by atoms with Crippen LogP contribution in [0.5, 0.6) is 0 Å². The second-order valence-corrected chi connectivity index (χ2v) is 2.54. The van der Waals surface area contributed by atoms with Gasteiger partial charge in [-0.1, -0.05) is 12.2 Å². The number of nitrogens with one attached hydrogen (secondary N) is 1. The highest BCUT2D eigenvalue weighted by Crippen LogP contribution is 2.07. The van der Waals surface area contributed by atoms with E-state index < -0.39 is 0 Å². The predicted octanol–water partition coefficient (Wildman–Crippen LogP) is 1.79. The van der Waals surface area contributed by atoms with E-state index in [0.717, 1.165) is 5.69 Å². The maximum atomic E-state index is 12.5. The van der Waals surface area contributed by atoms with Crippen molar-refractivity contribution < 1.29 is 9.50 Å². The summed E-state index contributed by atoms with van der Waals surface area (Å²) < 4.78 is 12.5. The molecule has 13 heavy (non-hydrogen) atoms. The molecule has 0 unspecified atom stereocenters. The molecule has 0 aliphatic rings. The molecular formula is C10H12FNO. The molecule has 0 heterocycles. The van der Waals surface area contributed by atoms with Crippen molar-refractivity contribution in [3.63, 3.8) is 0 Å². The molecule has 0 amide bonds. The van der Waals surface area contributed by atoms with Crippen LogP contribution in [-0.4, -0.2) is 18.3 Å². The fraction of sp³-hybridized carbons (Fsp3) is 0.200. The van der Waals surface area contributed by atoms with Crippen LogP contribution < -0.4 is 5.32 Å². The Morgan fingerprint density at radius 1 is 1.23 bits per heavy atom. The zero-order valence-corrected chi connectivity index (χ0v) is 7.20. The molecule has 2 N–H and O–H groups in total. The standard InChI is InChI=1S/C10H12FNO/c11-9-3-5-10(6-4-9)12-7-1-2-8-13/h1-6,12-13H,7-8H2/b2-1+. The Labute approximate surface area is 76.7 Å². The molecule has 0 fully saturated rings. The Morgan fingerprint density at radius 2 is 1.92 bits per heavy atom. The summed E-state index contributed by atoms with van der Waals surface area (Å²) >= 11 is 0. The van der Waals surface area contributed by atoms with Gasteiger partial charge in [0.2, 0.25) is 0 Å². The van der Waals surface area contributed by atoms with E-state index in [-0.39, 0.29) is 12.4 Å². The van der Waals surface area contributed by atoms with Crippen molar-refractivity contribution in [2.24, 2.45) is 0 Å². The summed E-state index contributed by atoms with van der Waals surface area (Å²) in [4.78, 5) is 0. The van der Waals surface area contributed by atoms with Crippen LogP contribution in [0.1, 0.15) is 0 Å². The van der Waals surface area contributed by atoms with Gasteiger partial charge in [0.25, 0.3) is 0 Å². The highest BCUT2D eigenvalue weighted by molar-refractivity contribution is 5.43. The van der Waals surface area contributed by atoms with E-state index in [1.54, 1.807) is 18.2 Å². The van der Waals surface area contributed by atoms with E-state index in [1.165, 1.54) is 12.1 Å². The Bertz CT molecular complexity index is 269. The molecule has 0 radical (unpaired) electrons. The Balaban J connectivity index is 2.37. The maximum absolute atomic E-state index is 12.5. The third kappa shape index (κ3) is 3.71. The van der Waals surface area contributed by atoms with Crippen molar-refractivity contribution in [3.8, 4) is 0 Å². The van der Waals surface area contributed by atoms with Gasteiger partial charge in [0, 0.05) is 12.2 Å². The molecule has 1 aromatic rings. The number of hydrogen-bond acceptors (Lipinski definition) is 2. The van der Waals surface area contributed by atoms with Gasteiger partial charge in [0.05, 0.1) is 6.61 Å². The average Bonchev–Trinajstić information content (AvgIpc) is 2.15. The molecule has 0 atom stereocenters. The number of anilines is 1. The number of aliphatic hydroxyl groups excluding tert-OH is 1. The molecule has 0 aliphatic carbocycles. The second-order valence-electron chi connectivity index (χ2n) is 2.54. The van der Waals surface area contributed by atoms with Gasteiger partial charge in [-0.3, -0.25) is 0 Å². The minimum Gasteiger partial charge on any atom is -0.392 e. The van der Waals surface area contributed by atoms with Crippen LogP contribution in [0.2, 0.25) is 0 Å². The first-order valence-electron chi connectivity index (χ1n) is 4.08. The molecule has 0 bridgehead atoms. The third-order valence-electron chi connectivity index (χ3n) is 1.54. The van der Waals surface area contributed by atoms with E-state index >= 15 is 0 Å². The normalized spacial score (nSPS) is 10.6. The highest BCUT2D eigenvalue weighted by Gasteiger charge is 1.89. The van der Waals surface area contributed by atoms with Gasteiger partial charge >= 0.3 is 0 Å². The van der Waals surface area contributed by atoms with Crippen LogP contribution in [0, 0.1) is 5.82 Å². The average molecular weight is 181 g/mol. The largest absolute Gasteiger partial charge is 0.392 e. The Hall–Kier alpha value is -1.35. The van der Waals surface area contributed by atoms with Gasteiger partial charge in [0.1, 0.15) is 5.82 Å². The zero-order chi connectivity index (χ0) is 9.52. The molecule has 0 saturated carbocycles. The number of benzene rings is 1. The summed E-state index contributed by atoms with van der Waals surface area (Å²) in [5.74, 6) is -0.239. The molecule has 0 aliphatic heterocycles. The number of rotatable bonds is 4. The topological polar surface area (TPSA) is 32.3 Å². The fourth-order valence-electron chi connectivity index (χ4n) is 0.902. The Morgan fingerprint density at radius 3 is 2.54 bits per heavy atom. The van der Waals surface area contributed by atoms with Crippen molar-refractivity contribution in [3.05, 3.63) is 42.2 Å². The lowest BCUT2D eigenvalue weighted by molar-refractivity contribution is 0.342. The molecule has 0 saturated heterocycles. The van der Waals surface area contributed by atoms with Crippen LogP contribution >= 0.6 is 0 Å². The first-order chi connectivity index (χ1) is 6.33. The van der Waals surface area contributed by atoms with Gasteiger partial charge in [0.15, 0.2) is 0 Å².